The summed E-state index contributed by atoms with van der Waals surface area (Å²) in [5.41, 5.74) is 2.27. The molecule has 2 aliphatic rings. The molecule has 1 aromatic heterocycles. The Morgan fingerprint density at radius 2 is 2.12 bits per heavy atom. The van der Waals surface area contributed by atoms with Crippen LogP contribution in [0.5, 0.6) is 5.75 Å². The van der Waals surface area contributed by atoms with E-state index in [1.54, 1.807) is 25.1 Å². The third-order valence-corrected chi connectivity index (χ3v) is 7.55. The van der Waals surface area contributed by atoms with Gasteiger partial charge in [0.15, 0.2) is 0 Å². The highest BCUT2D eigenvalue weighted by atomic mass is 35.5. The lowest BCUT2D eigenvalue weighted by atomic mass is 10.0. The first-order valence-corrected chi connectivity index (χ1v) is 13.5. The molecule has 12 heteroatoms. The Balaban J connectivity index is 1.30. The molecule has 0 spiro atoms. The van der Waals surface area contributed by atoms with E-state index in [4.69, 9.17) is 25.2 Å². The third kappa shape index (κ3) is 6.27. The maximum atomic E-state index is 14.2. The Bertz CT molecular complexity index is 1560. The van der Waals surface area contributed by atoms with Crippen molar-refractivity contribution in [2.75, 3.05) is 32.2 Å². The number of carbonyl (C=O) groups excluding carboxylic acids is 2. The Morgan fingerprint density at radius 1 is 1.32 bits per heavy atom. The van der Waals surface area contributed by atoms with E-state index in [9.17, 15) is 19.1 Å². The predicted molar refractivity (Wildman–Crippen MR) is 150 cm³/mol. The zero-order chi connectivity index (χ0) is 31.6. The summed E-state index contributed by atoms with van der Waals surface area (Å²) in [5, 5.41) is 16.2. The van der Waals surface area contributed by atoms with Crippen molar-refractivity contribution in [3.8, 4) is 17.0 Å². The normalized spacial score (nSPS) is 18.1. The molecule has 41 heavy (non-hydrogen) atoms. The monoisotopic (exact) mass is 586 g/mol. The Hall–Kier alpha value is -3.80. The number of benzene rings is 2. The molecule has 0 bridgehead atoms. The molecule has 2 aromatic carbocycles. The summed E-state index contributed by atoms with van der Waals surface area (Å²) in [6.45, 7) is 2.41. The van der Waals surface area contributed by atoms with Crippen LogP contribution in [0.2, 0.25) is 5.02 Å². The van der Waals surface area contributed by atoms with Gasteiger partial charge in [-0.1, -0.05) is 23.7 Å². The summed E-state index contributed by atoms with van der Waals surface area (Å²) in [6, 6.07) is 6.57. The predicted octanol–water partition coefficient (Wildman–Crippen LogP) is 3.73. The van der Waals surface area contributed by atoms with Gasteiger partial charge in [0.1, 0.15) is 17.6 Å². The smallest absolute Gasteiger partial charge is 0.255 e. The van der Waals surface area contributed by atoms with Crippen LogP contribution in [0.1, 0.15) is 51.4 Å². The molecule has 3 aromatic rings. The van der Waals surface area contributed by atoms with E-state index in [0.29, 0.717) is 46.6 Å². The molecular formula is C29H31ClFN5O5. The van der Waals surface area contributed by atoms with E-state index < -0.39 is 37.5 Å². The standard InChI is InChI=1S/C29H31ClFN5O5/c1-16(27(38)34-25(15-37)19-9-20(31)12-22(10-19)40-2)36-14-18-4-3-17(11-23(18)28(36)39)26-24(30)13-32-29(35-26)33-21-5-7-41-8-6-21/h3-4,9-13,16,21,25,37H,5-8,14-15H2,1-2H3,(H,34,38)(H,32,33,35)/t16-,25-/m1/s1/i2D3. The quantitative estimate of drug-likeness (QED) is 0.346. The molecular weight excluding hydrogens is 553 g/mol. The lowest BCUT2D eigenvalue weighted by Crippen LogP contribution is -2.46. The van der Waals surface area contributed by atoms with E-state index >= 15 is 0 Å². The SMILES string of the molecule is [2H]C([2H])([2H])Oc1cc(F)cc([C@@H](CO)NC(=O)[C@@H](C)N2Cc3ccc(-c4nc(NC5CCOCC5)ncc4Cl)cc3C2=O)c1. The number of amides is 2. The van der Waals surface area contributed by atoms with E-state index in [-0.39, 0.29) is 29.8 Å². The number of hydrogen-bond acceptors (Lipinski definition) is 8. The fourth-order valence-electron chi connectivity index (χ4n) is 4.96. The van der Waals surface area contributed by atoms with Crippen LogP contribution in [-0.4, -0.2) is 70.7 Å². The van der Waals surface area contributed by atoms with Crippen LogP contribution < -0.4 is 15.4 Å². The van der Waals surface area contributed by atoms with Crippen molar-refractivity contribution >= 4 is 29.4 Å². The van der Waals surface area contributed by atoms with Crippen molar-refractivity contribution in [3.63, 3.8) is 0 Å². The van der Waals surface area contributed by atoms with Crippen LogP contribution >= 0.6 is 11.6 Å². The number of halogens is 2. The van der Waals surface area contributed by atoms with Crippen LogP contribution in [0.3, 0.4) is 0 Å². The van der Waals surface area contributed by atoms with Crippen LogP contribution in [0.15, 0.2) is 42.6 Å². The van der Waals surface area contributed by atoms with Crippen LogP contribution in [-0.2, 0) is 16.1 Å². The summed E-state index contributed by atoms with van der Waals surface area (Å²) >= 11 is 6.44. The second-order valence-corrected chi connectivity index (χ2v) is 10.4. The third-order valence-electron chi connectivity index (χ3n) is 7.27. The number of carbonyl (C=O) groups is 2. The number of fused-ring (bicyclic) bond motifs is 1. The number of rotatable bonds is 9. The zero-order valence-electron chi connectivity index (χ0n) is 25.2. The molecule has 1 saturated heterocycles. The highest BCUT2D eigenvalue weighted by Gasteiger charge is 2.35. The Morgan fingerprint density at radius 3 is 2.88 bits per heavy atom. The second kappa shape index (κ2) is 12.4. The molecule has 2 atom stereocenters. The molecule has 1 fully saturated rings. The van der Waals surface area contributed by atoms with E-state index in [1.165, 1.54) is 17.2 Å². The fourth-order valence-corrected chi connectivity index (χ4v) is 5.16. The molecule has 216 valence electrons. The minimum absolute atomic E-state index is 0.0976. The molecule has 3 N–H and O–H groups in total. The molecule has 2 amide bonds. The van der Waals surface area contributed by atoms with Crippen LogP contribution in [0.25, 0.3) is 11.3 Å². The first-order valence-electron chi connectivity index (χ1n) is 14.6. The summed E-state index contributed by atoms with van der Waals surface area (Å²) in [6.07, 6.45) is 3.17. The Kier molecular flexibility index (Phi) is 7.53. The van der Waals surface area contributed by atoms with Crippen molar-refractivity contribution in [1.29, 1.82) is 0 Å². The minimum Gasteiger partial charge on any atom is -0.497 e. The topological polar surface area (TPSA) is 126 Å². The van der Waals surface area contributed by atoms with Gasteiger partial charge < -0.3 is 30.1 Å². The molecule has 0 unspecified atom stereocenters. The number of anilines is 1. The summed E-state index contributed by atoms with van der Waals surface area (Å²) in [4.78, 5) is 37.0. The van der Waals surface area contributed by atoms with E-state index in [0.717, 1.165) is 25.0 Å². The van der Waals surface area contributed by atoms with Crippen molar-refractivity contribution in [2.24, 2.45) is 0 Å². The van der Waals surface area contributed by atoms with Gasteiger partial charge in [-0.2, -0.15) is 0 Å². The fraction of sp³-hybridized carbons (Fsp3) is 0.379. The van der Waals surface area contributed by atoms with Gasteiger partial charge in [0.05, 0.1) is 40.7 Å². The van der Waals surface area contributed by atoms with Gasteiger partial charge in [0, 0.05) is 43.0 Å². The van der Waals surface area contributed by atoms with Gasteiger partial charge in [-0.3, -0.25) is 9.59 Å². The highest BCUT2D eigenvalue weighted by molar-refractivity contribution is 6.33. The number of nitrogens with one attached hydrogen (secondary N) is 2. The lowest BCUT2D eigenvalue weighted by molar-refractivity contribution is -0.126. The first kappa shape index (κ1) is 25.0. The lowest BCUT2D eigenvalue weighted by Gasteiger charge is -2.26. The molecule has 10 nitrogen and oxygen atoms in total. The van der Waals surface area contributed by atoms with Gasteiger partial charge >= 0.3 is 0 Å². The second-order valence-electron chi connectivity index (χ2n) is 9.97. The van der Waals surface area contributed by atoms with Gasteiger partial charge in [-0.15, -0.1) is 0 Å². The summed E-state index contributed by atoms with van der Waals surface area (Å²) in [5.74, 6) is -1.65. The number of aliphatic hydroxyl groups is 1. The van der Waals surface area contributed by atoms with Gasteiger partial charge in [-0.05, 0) is 49.1 Å². The zero-order valence-corrected chi connectivity index (χ0v) is 22.9. The highest BCUT2D eigenvalue weighted by Crippen LogP contribution is 2.32. The number of aromatic nitrogens is 2. The number of nitrogens with zero attached hydrogens (tertiary/aromatic N) is 3. The van der Waals surface area contributed by atoms with E-state index in [1.807, 2.05) is 0 Å². The number of aliphatic hydroxyl groups excluding tert-OH is 1. The molecule has 0 aliphatic carbocycles. The van der Waals surface area contributed by atoms with Crippen LogP contribution in [0, 0.1) is 5.82 Å². The van der Waals surface area contributed by atoms with Gasteiger partial charge in [-0.25, -0.2) is 14.4 Å². The average molecular weight is 587 g/mol. The van der Waals surface area contributed by atoms with Gasteiger partial charge in [0.25, 0.3) is 5.91 Å². The van der Waals surface area contributed by atoms with Gasteiger partial charge in [0.2, 0.25) is 11.9 Å². The molecule has 2 aliphatic heterocycles. The van der Waals surface area contributed by atoms with Crippen molar-refractivity contribution in [3.05, 3.63) is 70.1 Å². The largest absolute Gasteiger partial charge is 0.497 e. The summed E-state index contributed by atoms with van der Waals surface area (Å²) < 4.78 is 46.1. The maximum absolute atomic E-state index is 14.2. The van der Waals surface area contributed by atoms with Crippen molar-refractivity contribution in [1.82, 2.24) is 20.2 Å². The molecule has 0 saturated carbocycles. The summed E-state index contributed by atoms with van der Waals surface area (Å²) in [7, 11) is -2.81. The number of ether oxygens (including phenoxy) is 2. The first-order chi connectivity index (χ1) is 20.9. The minimum atomic E-state index is -2.81. The van der Waals surface area contributed by atoms with Crippen molar-refractivity contribution in [2.45, 2.75) is 44.4 Å². The molecule has 3 heterocycles. The Labute approximate surface area is 246 Å². The average Bonchev–Trinajstić information content (AvgIpc) is 3.31. The van der Waals surface area contributed by atoms with E-state index in [2.05, 4.69) is 20.6 Å². The number of hydrogen-bond donors (Lipinski definition) is 3. The molecule has 5 rings (SSSR count). The maximum Gasteiger partial charge on any atom is 0.255 e. The number of methoxy groups -OCH3 is 1. The van der Waals surface area contributed by atoms with Crippen molar-refractivity contribution < 1.29 is 32.7 Å². The molecule has 0 radical (unpaired) electrons. The van der Waals surface area contributed by atoms with Crippen LogP contribution in [0.4, 0.5) is 10.3 Å².